The smallest absolute Gasteiger partial charge is 0.326 e. The first kappa shape index (κ1) is 14.9. The molecule has 1 heterocycles. The highest BCUT2D eigenvalue weighted by atomic mass is 16.4. The van der Waals surface area contributed by atoms with Crippen LogP contribution in [0.1, 0.15) is 25.8 Å². The van der Waals surface area contributed by atoms with Crippen molar-refractivity contribution in [1.29, 1.82) is 0 Å². The Morgan fingerprint density at radius 3 is 2.68 bits per heavy atom. The molecule has 0 saturated carbocycles. The van der Waals surface area contributed by atoms with Crippen LogP contribution in [0.25, 0.3) is 0 Å². The lowest BCUT2D eigenvalue weighted by Crippen LogP contribution is -2.46. The zero-order valence-corrected chi connectivity index (χ0v) is 11.1. The van der Waals surface area contributed by atoms with Gasteiger partial charge in [0.25, 0.3) is 0 Å². The minimum Gasteiger partial charge on any atom is -0.480 e. The van der Waals surface area contributed by atoms with E-state index in [1.165, 1.54) is 0 Å². The van der Waals surface area contributed by atoms with E-state index in [1.807, 2.05) is 19.9 Å². The van der Waals surface area contributed by atoms with Gasteiger partial charge in [-0.1, -0.05) is 19.9 Å². The van der Waals surface area contributed by atoms with Gasteiger partial charge in [-0.3, -0.25) is 4.98 Å². The van der Waals surface area contributed by atoms with Crippen LogP contribution in [0.5, 0.6) is 0 Å². The van der Waals surface area contributed by atoms with Crippen molar-refractivity contribution in [1.82, 2.24) is 15.6 Å². The third kappa shape index (κ3) is 5.85. The van der Waals surface area contributed by atoms with E-state index in [-0.39, 0.29) is 5.92 Å². The lowest BCUT2D eigenvalue weighted by Gasteiger charge is -2.16. The first-order chi connectivity index (χ1) is 8.99. The van der Waals surface area contributed by atoms with Crippen LogP contribution >= 0.6 is 0 Å². The monoisotopic (exact) mass is 265 g/mol. The second-order valence-electron chi connectivity index (χ2n) is 4.71. The highest BCUT2D eigenvalue weighted by Crippen LogP contribution is 2.04. The maximum absolute atomic E-state index is 11.6. The quantitative estimate of drug-likeness (QED) is 0.724. The third-order valence-corrected chi connectivity index (χ3v) is 2.49. The predicted octanol–water partition coefficient (Wildman–Crippen LogP) is 1.38. The van der Waals surface area contributed by atoms with Crippen molar-refractivity contribution in [2.45, 2.75) is 32.9 Å². The Bertz CT molecular complexity index is 420. The Kier molecular flexibility index (Phi) is 5.78. The van der Waals surface area contributed by atoms with Gasteiger partial charge in [0, 0.05) is 18.9 Å². The largest absolute Gasteiger partial charge is 0.480 e. The Morgan fingerprint density at radius 1 is 1.42 bits per heavy atom. The van der Waals surface area contributed by atoms with Gasteiger partial charge in [-0.2, -0.15) is 0 Å². The number of nitrogens with one attached hydrogen (secondary N) is 2. The fourth-order valence-corrected chi connectivity index (χ4v) is 1.59. The zero-order chi connectivity index (χ0) is 14.3. The second kappa shape index (κ2) is 7.35. The first-order valence-corrected chi connectivity index (χ1v) is 6.15. The van der Waals surface area contributed by atoms with Gasteiger partial charge in [0.05, 0.1) is 0 Å². The predicted molar refractivity (Wildman–Crippen MR) is 70.5 cm³/mol. The Morgan fingerprint density at radius 2 is 2.16 bits per heavy atom. The van der Waals surface area contributed by atoms with Crippen molar-refractivity contribution < 1.29 is 14.7 Å². The number of rotatable bonds is 6. The second-order valence-corrected chi connectivity index (χ2v) is 4.71. The lowest BCUT2D eigenvalue weighted by molar-refractivity contribution is -0.139. The molecule has 1 unspecified atom stereocenters. The normalized spacial score (nSPS) is 11.9. The van der Waals surface area contributed by atoms with Gasteiger partial charge in [0.2, 0.25) is 0 Å². The van der Waals surface area contributed by atoms with Crippen LogP contribution in [0, 0.1) is 5.92 Å². The van der Waals surface area contributed by atoms with Crippen LogP contribution in [0.2, 0.25) is 0 Å². The molecule has 2 amide bonds. The van der Waals surface area contributed by atoms with Crippen LogP contribution in [-0.2, 0) is 11.3 Å². The molecule has 0 saturated heterocycles. The summed E-state index contributed by atoms with van der Waals surface area (Å²) in [4.78, 5) is 26.5. The summed E-state index contributed by atoms with van der Waals surface area (Å²) >= 11 is 0. The highest BCUT2D eigenvalue weighted by molar-refractivity contribution is 5.82. The summed E-state index contributed by atoms with van der Waals surface area (Å²) in [5.74, 6) is -0.829. The van der Waals surface area contributed by atoms with Crippen molar-refractivity contribution in [2.24, 2.45) is 5.92 Å². The number of carboxylic acids is 1. The molecule has 6 nitrogen and oxygen atoms in total. The summed E-state index contributed by atoms with van der Waals surface area (Å²) in [5, 5.41) is 14.1. The molecule has 1 aromatic heterocycles. The molecule has 3 N–H and O–H groups in total. The van der Waals surface area contributed by atoms with E-state index in [1.54, 1.807) is 18.5 Å². The molecule has 1 atom stereocenters. The molecular formula is C13H19N3O3. The van der Waals surface area contributed by atoms with E-state index in [0.29, 0.717) is 13.0 Å². The van der Waals surface area contributed by atoms with Crippen LogP contribution in [0.15, 0.2) is 24.5 Å². The molecule has 1 rings (SSSR count). The van der Waals surface area contributed by atoms with Crippen molar-refractivity contribution in [2.75, 3.05) is 0 Å². The number of urea groups is 1. The summed E-state index contributed by atoms with van der Waals surface area (Å²) in [5.41, 5.74) is 0.855. The summed E-state index contributed by atoms with van der Waals surface area (Å²) in [6, 6.07) is 2.25. The first-order valence-electron chi connectivity index (χ1n) is 6.15. The van der Waals surface area contributed by atoms with Gasteiger partial charge in [0.1, 0.15) is 6.04 Å². The molecule has 0 bridgehead atoms. The van der Waals surface area contributed by atoms with Crippen molar-refractivity contribution in [3.05, 3.63) is 30.1 Å². The Balaban J connectivity index is 2.42. The molecule has 0 aromatic carbocycles. The minimum atomic E-state index is -1.02. The van der Waals surface area contributed by atoms with Crippen LogP contribution in [-0.4, -0.2) is 28.1 Å². The Labute approximate surface area is 112 Å². The molecule has 0 radical (unpaired) electrons. The molecule has 0 aliphatic rings. The summed E-state index contributed by atoms with van der Waals surface area (Å²) in [6.45, 7) is 4.13. The number of pyridine rings is 1. The molecule has 6 heteroatoms. The van der Waals surface area contributed by atoms with Crippen molar-refractivity contribution in [3.8, 4) is 0 Å². The summed E-state index contributed by atoms with van der Waals surface area (Å²) in [6.07, 6.45) is 3.69. The number of amides is 2. The number of nitrogens with zero attached hydrogens (tertiary/aromatic N) is 1. The van der Waals surface area contributed by atoms with Gasteiger partial charge < -0.3 is 15.7 Å². The van der Waals surface area contributed by atoms with Crippen molar-refractivity contribution in [3.63, 3.8) is 0 Å². The molecule has 19 heavy (non-hydrogen) atoms. The van der Waals surface area contributed by atoms with E-state index in [4.69, 9.17) is 5.11 Å². The summed E-state index contributed by atoms with van der Waals surface area (Å²) < 4.78 is 0. The fraction of sp³-hybridized carbons (Fsp3) is 0.462. The Hall–Kier alpha value is -2.11. The van der Waals surface area contributed by atoms with Gasteiger partial charge >= 0.3 is 12.0 Å². The van der Waals surface area contributed by atoms with Crippen molar-refractivity contribution >= 4 is 12.0 Å². The van der Waals surface area contributed by atoms with E-state index in [9.17, 15) is 9.59 Å². The molecule has 1 aromatic rings. The number of carboxylic acid groups (broad SMARTS) is 1. The fourth-order valence-electron chi connectivity index (χ4n) is 1.59. The number of aromatic nitrogens is 1. The molecule has 0 fully saturated rings. The average molecular weight is 265 g/mol. The number of hydrogen-bond acceptors (Lipinski definition) is 3. The van der Waals surface area contributed by atoms with Gasteiger partial charge in [-0.15, -0.1) is 0 Å². The highest BCUT2D eigenvalue weighted by Gasteiger charge is 2.20. The maximum Gasteiger partial charge on any atom is 0.326 e. The van der Waals surface area contributed by atoms with Crippen LogP contribution in [0.3, 0.4) is 0 Å². The van der Waals surface area contributed by atoms with Gasteiger partial charge in [-0.25, -0.2) is 9.59 Å². The van der Waals surface area contributed by atoms with Gasteiger partial charge in [-0.05, 0) is 24.0 Å². The lowest BCUT2D eigenvalue weighted by atomic mass is 10.0. The van der Waals surface area contributed by atoms with Crippen LogP contribution < -0.4 is 10.6 Å². The summed E-state index contributed by atoms with van der Waals surface area (Å²) in [7, 11) is 0. The number of aliphatic carboxylic acids is 1. The SMILES string of the molecule is CC(C)CC(NC(=O)NCc1cccnc1)C(=O)O. The number of carbonyl (C=O) groups excluding carboxylic acids is 1. The van der Waals surface area contributed by atoms with Gasteiger partial charge in [0.15, 0.2) is 0 Å². The van der Waals surface area contributed by atoms with E-state index < -0.39 is 18.0 Å². The van der Waals surface area contributed by atoms with E-state index in [2.05, 4.69) is 15.6 Å². The minimum absolute atomic E-state index is 0.194. The standard InChI is InChI=1S/C13H19N3O3/c1-9(2)6-11(12(17)18)16-13(19)15-8-10-4-3-5-14-7-10/h3-5,7,9,11H,6,8H2,1-2H3,(H,17,18)(H2,15,16,19). The average Bonchev–Trinajstić information content (AvgIpc) is 2.36. The molecule has 0 aliphatic heterocycles. The molecular weight excluding hydrogens is 246 g/mol. The molecule has 0 aliphatic carbocycles. The third-order valence-electron chi connectivity index (χ3n) is 2.49. The van der Waals surface area contributed by atoms with Crippen LogP contribution in [0.4, 0.5) is 4.79 Å². The number of carbonyl (C=O) groups is 2. The maximum atomic E-state index is 11.6. The molecule has 104 valence electrons. The van der Waals surface area contributed by atoms with E-state index in [0.717, 1.165) is 5.56 Å². The topological polar surface area (TPSA) is 91.3 Å². The number of hydrogen-bond donors (Lipinski definition) is 3. The molecule has 0 spiro atoms. The van der Waals surface area contributed by atoms with E-state index >= 15 is 0 Å². The zero-order valence-electron chi connectivity index (χ0n) is 11.1.